The molecule has 1 aliphatic carbocycles. The van der Waals surface area contributed by atoms with Crippen molar-refractivity contribution in [1.82, 2.24) is 4.90 Å². The van der Waals surface area contributed by atoms with Crippen molar-refractivity contribution in [2.24, 2.45) is 0 Å². The third-order valence-corrected chi connectivity index (χ3v) is 2.80. The van der Waals surface area contributed by atoms with Gasteiger partial charge in [-0.25, -0.2) is 0 Å². The highest BCUT2D eigenvalue weighted by Crippen LogP contribution is 2.39. The van der Waals surface area contributed by atoms with Gasteiger partial charge in [-0.2, -0.15) is 0 Å². The van der Waals surface area contributed by atoms with E-state index in [9.17, 15) is 0 Å². The van der Waals surface area contributed by atoms with E-state index in [1.807, 2.05) is 0 Å². The molecule has 9 heavy (non-hydrogen) atoms. The molecule has 1 nitrogen and oxygen atoms in total. The summed E-state index contributed by atoms with van der Waals surface area (Å²) >= 11 is 0. The van der Waals surface area contributed by atoms with E-state index in [0.29, 0.717) is 0 Å². The first kappa shape index (κ1) is 5.72. The molecule has 0 aromatic rings. The number of hydrogen-bond acceptors (Lipinski definition) is 1. The minimum atomic E-state index is 1.01. The molecular weight excluding hydrogens is 110 g/mol. The molecule has 2 heterocycles. The molecule has 0 radical (unpaired) electrons. The van der Waals surface area contributed by atoms with Crippen LogP contribution in [0, 0.1) is 0 Å². The predicted molar refractivity (Wildman–Crippen MR) is 38.4 cm³/mol. The van der Waals surface area contributed by atoms with Gasteiger partial charge in [0.15, 0.2) is 0 Å². The van der Waals surface area contributed by atoms with E-state index in [4.69, 9.17) is 0 Å². The van der Waals surface area contributed by atoms with Gasteiger partial charge < -0.3 is 0 Å². The van der Waals surface area contributed by atoms with E-state index >= 15 is 0 Å². The van der Waals surface area contributed by atoms with Gasteiger partial charge in [-0.05, 0) is 32.2 Å². The van der Waals surface area contributed by atoms with Crippen LogP contribution in [0.2, 0.25) is 0 Å². The van der Waals surface area contributed by atoms with Crippen LogP contribution in [0.25, 0.3) is 0 Å². The minimum Gasteiger partial charge on any atom is -0.297 e. The molecule has 2 saturated heterocycles. The summed E-state index contributed by atoms with van der Waals surface area (Å²) in [5.41, 5.74) is 0. The monoisotopic (exact) mass is 125 g/mol. The van der Waals surface area contributed by atoms with Crippen LogP contribution in [-0.2, 0) is 0 Å². The first-order valence-electron chi connectivity index (χ1n) is 4.17. The fraction of sp³-hybridized carbons (Fsp3) is 1.00. The SMILES string of the molecule is CCCN1C2CCC1C2. The third-order valence-electron chi connectivity index (χ3n) is 2.80. The van der Waals surface area contributed by atoms with Crippen molar-refractivity contribution in [2.75, 3.05) is 6.54 Å². The number of fused-ring (bicyclic) bond motifs is 1. The van der Waals surface area contributed by atoms with Crippen LogP contribution in [0.1, 0.15) is 32.6 Å². The Morgan fingerprint density at radius 3 is 2.44 bits per heavy atom. The van der Waals surface area contributed by atoms with Crippen LogP contribution < -0.4 is 0 Å². The molecule has 2 aliphatic heterocycles. The maximum absolute atomic E-state index is 2.68. The molecule has 0 aromatic heterocycles. The maximum atomic E-state index is 2.68. The summed E-state index contributed by atoms with van der Waals surface area (Å²) in [6.45, 7) is 3.63. The summed E-state index contributed by atoms with van der Waals surface area (Å²) in [4.78, 5) is 2.68. The second-order valence-electron chi connectivity index (χ2n) is 3.36. The Labute approximate surface area is 57.0 Å². The lowest BCUT2D eigenvalue weighted by Gasteiger charge is -2.40. The van der Waals surface area contributed by atoms with Gasteiger partial charge in [-0.1, -0.05) is 6.92 Å². The van der Waals surface area contributed by atoms with Crippen molar-refractivity contribution in [3.05, 3.63) is 0 Å². The highest BCUT2D eigenvalue weighted by molar-refractivity contribution is 4.99. The first-order valence-corrected chi connectivity index (χ1v) is 4.17. The molecule has 0 spiro atoms. The van der Waals surface area contributed by atoms with E-state index in [-0.39, 0.29) is 0 Å². The summed E-state index contributed by atoms with van der Waals surface area (Å²) in [6.07, 6.45) is 5.84. The average molecular weight is 125 g/mol. The van der Waals surface area contributed by atoms with Gasteiger partial charge in [-0.3, -0.25) is 4.90 Å². The van der Waals surface area contributed by atoms with Crippen LogP contribution in [0.15, 0.2) is 0 Å². The lowest BCUT2D eigenvalue weighted by molar-refractivity contribution is 0.0793. The van der Waals surface area contributed by atoms with Crippen molar-refractivity contribution in [1.29, 1.82) is 0 Å². The number of nitrogens with zero attached hydrogens (tertiary/aromatic N) is 1. The van der Waals surface area contributed by atoms with Crippen molar-refractivity contribution in [3.8, 4) is 0 Å². The van der Waals surface area contributed by atoms with Gasteiger partial charge in [0, 0.05) is 12.1 Å². The maximum Gasteiger partial charge on any atom is 0.0114 e. The van der Waals surface area contributed by atoms with Gasteiger partial charge in [-0.15, -0.1) is 0 Å². The predicted octanol–water partition coefficient (Wildman–Crippen LogP) is 1.63. The molecule has 3 rings (SSSR count). The standard InChI is InChI=1S/C8H15N/c1-2-5-9-7-3-4-8(9)6-7/h7-8H,2-6H2,1H3. The Bertz CT molecular complexity index is 97.1. The third kappa shape index (κ3) is 0.710. The zero-order valence-electron chi connectivity index (χ0n) is 6.14. The Morgan fingerprint density at radius 2 is 2.00 bits per heavy atom. The van der Waals surface area contributed by atoms with Gasteiger partial charge >= 0.3 is 0 Å². The lowest BCUT2D eigenvalue weighted by Crippen LogP contribution is -2.48. The summed E-state index contributed by atoms with van der Waals surface area (Å²) in [5, 5.41) is 0. The van der Waals surface area contributed by atoms with Gasteiger partial charge in [0.25, 0.3) is 0 Å². The fourth-order valence-electron chi connectivity index (χ4n) is 2.32. The van der Waals surface area contributed by atoms with E-state index in [0.717, 1.165) is 12.1 Å². The molecule has 2 atom stereocenters. The number of rotatable bonds is 2. The molecule has 52 valence electrons. The van der Waals surface area contributed by atoms with E-state index in [1.54, 1.807) is 0 Å². The van der Waals surface area contributed by atoms with Crippen molar-refractivity contribution >= 4 is 0 Å². The molecular formula is C8H15N. The second-order valence-corrected chi connectivity index (χ2v) is 3.36. The van der Waals surface area contributed by atoms with E-state index in [2.05, 4.69) is 11.8 Å². The van der Waals surface area contributed by atoms with Crippen LogP contribution in [0.5, 0.6) is 0 Å². The normalized spacial score (nSPS) is 41.0. The summed E-state index contributed by atoms with van der Waals surface area (Å²) < 4.78 is 0. The molecule has 0 amide bonds. The average Bonchev–Trinajstić information content (AvgIpc) is 2.39. The van der Waals surface area contributed by atoms with Crippen LogP contribution in [0.4, 0.5) is 0 Å². The molecule has 0 aromatic carbocycles. The molecule has 0 N–H and O–H groups in total. The summed E-state index contributed by atoms with van der Waals surface area (Å²) in [5.74, 6) is 0. The van der Waals surface area contributed by atoms with Gasteiger partial charge in [0.2, 0.25) is 0 Å². The molecule has 3 fully saturated rings. The lowest BCUT2D eigenvalue weighted by atomic mass is 10.0. The topological polar surface area (TPSA) is 3.24 Å². The molecule has 2 bridgehead atoms. The second kappa shape index (κ2) is 1.98. The minimum absolute atomic E-state index is 1.01. The highest BCUT2D eigenvalue weighted by atomic mass is 15.3. The quantitative estimate of drug-likeness (QED) is 0.542. The van der Waals surface area contributed by atoms with Crippen LogP contribution >= 0.6 is 0 Å². The smallest absolute Gasteiger partial charge is 0.0114 e. The molecule has 3 aliphatic rings. The zero-order chi connectivity index (χ0) is 6.27. The van der Waals surface area contributed by atoms with Crippen LogP contribution in [-0.4, -0.2) is 23.5 Å². The fourth-order valence-corrected chi connectivity index (χ4v) is 2.32. The van der Waals surface area contributed by atoms with E-state index in [1.165, 1.54) is 32.2 Å². The summed E-state index contributed by atoms with van der Waals surface area (Å²) in [7, 11) is 0. The van der Waals surface area contributed by atoms with Crippen molar-refractivity contribution in [2.45, 2.75) is 44.7 Å². The first-order chi connectivity index (χ1) is 4.42. The number of hydrogen-bond donors (Lipinski definition) is 0. The Balaban J connectivity index is 1.88. The van der Waals surface area contributed by atoms with Gasteiger partial charge in [0.05, 0.1) is 0 Å². The molecule has 2 unspecified atom stereocenters. The summed E-state index contributed by atoms with van der Waals surface area (Å²) in [6, 6.07) is 2.02. The van der Waals surface area contributed by atoms with Crippen LogP contribution in [0.3, 0.4) is 0 Å². The Hall–Kier alpha value is -0.0400. The van der Waals surface area contributed by atoms with Crippen molar-refractivity contribution in [3.63, 3.8) is 0 Å². The Kier molecular flexibility index (Phi) is 1.26. The van der Waals surface area contributed by atoms with E-state index < -0.39 is 0 Å². The van der Waals surface area contributed by atoms with Crippen molar-refractivity contribution < 1.29 is 0 Å². The molecule has 1 heteroatoms. The zero-order valence-corrected chi connectivity index (χ0v) is 6.14. The van der Waals surface area contributed by atoms with Gasteiger partial charge in [0.1, 0.15) is 0 Å². The molecule has 1 saturated carbocycles. The largest absolute Gasteiger partial charge is 0.297 e. The highest BCUT2D eigenvalue weighted by Gasteiger charge is 2.43. The Morgan fingerprint density at radius 1 is 1.33 bits per heavy atom.